The lowest BCUT2D eigenvalue weighted by Crippen LogP contribution is -2.21. The van der Waals surface area contributed by atoms with Gasteiger partial charge in [0, 0.05) is 6.07 Å². The zero-order chi connectivity index (χ0) is 10.7. The molecule has 0 heterocycles. The molecule has 0 saturated carbocycles. The molecule has 0 aliphatic carbocycles. The Morgan fingerprint density at radius 1 is 1.43 bits per heavy atom. The Balaban J connectivity index is 2.85. The second kappa shape index (κ2) is 4.17. The molecular formula is C10H10F2O2. The summed E-state index contributed by atoms with van der Waals surface area (Å²) in [6.45, 7) is 2.80. The van der Waals surface area contributed by atoms with Gasteiger partial charge in [-0.15, -0.1) is 0 Å². The molecule has 0 aliphatic heterocycles. The van der Waals surface area contributed by atoms with Crippen molar-refractivity contribution in [3.05, 3.63) is 29.8 Å². The molecule has 0 bridgehead atoms. The van der Waals surface area contributed by atoms with Crippen LogP contribution in [0.5, 0.6) is 5.75 Å². The number of halogens is 2. The quantitative estimate of drug-likeness (QED) is 0.748. The largest absolute Gasteiger partial charge is 0.480 e. The van der Waals surface area contributed by atoms with Crippen LogP contribution >= 0.6 is 0 Å². The molecule has 76 valence electrons. The SMILES string of the molecule is CC(=O)C(C)Oc1cc(F)ccc1F. The van der Waals surface area contributed by atoms with Crippen LogP contribution < -0.4 is 4.74 Å². The zero-order valence-corrected chi connectivity index (χ0v) is 7.88. The molecule has 0 saturated heterocycles. The lowest BCUT2D eigenvalue weighted by Gasteiger charge is -2.11. The smallest absolute Gasteiger partial charge is 0.169 e. The molecule has 0 N–H and O–H groups in total. The van der Waals surface area contributed by atoms with Crippen LogP contribution in [-0.4, -0.2) is 11.9 Å². The van der Waals surface area contributed by atoms with Crippen molar-refractivity contribution in [2.45, 2.75) is 20.0 Å². The average molecular weight is 200 g/mol. The van der Waals surface area contributed by atoms with E-state index >= 15 is 0 Å². The summed E-state index contributed by atoms with van der Waals surface area (Å²) in [5, 5.41) is 0. The van der Waals surface area contributed by atoms with Gasteiger partial charge in [-0.2, -0.15) is 0 Å². The van der Waals surface area contributed by atoms with Crippen LogP contribution in [0.25, 0.3) is 0 Å². The molecule has 4 heteroatoms. The van der Waals surface area contributed by atoms with E-state index in [4.69, 9.17) is 4.74 Å². The fraction of sp³-hybridized carbons (Fsp3) is 0.300. The molecule has 1 aromatic rings. The maximum Gasteiger partial charge on any atom is 0.169 e. The topological polar surface area (TPSA) is 26.3 Å². The first kappa shape index (κ1) is 10.6. The number of carbonyl (C=O) groups excluding carboxylic acids is 1. The first-order chi connectivity index (χ1) is 6.50. The second-order valence-corrected chi connectivity index (χ2v) is 2.95. The third-order valence-electron chi connectivity index (χ3n) is 1.77. The van der Waals surface area contributed by atoms with Gasteiger partial charge in [0.25, 0.3) is 0 Å². The van der Waals surface area contributed by atoms with E-state index in [1.807, 2.05) is 0 Å². The lowest BCUT2D eigenvalue weighted by molar-refractivity contribution is -0.122. The number of hydrogen-bond donors (Lipinski definition) is 0. The molecule has 0 fully saturated rings. The fourth-order valence-corrected chi connectivity index (χ4v) is 0.841. The van der Waals surface area contributed by atoms with Gasteiger partial charge in [0.2, 0.25) is 0 Å². The normalized spacial score (nSPS) is 12.3. The van der Waals surface area contributed by atoms with E-state index in [2.05, 4.69) is 0 Å². The van der Waals surface area contributed by atoms with Gasteiger partial charge in [0.1, 0.15) is 5.82 Å². The molecular weight excluding hydrogens is 190 g/mol. The second-order valence-electron chi connectivity index (χ2n) is 2.95. The summed E-state index contributed by atoms with van der Waals surface area (Å²) >= 11 is 0. The fourth-order valence-electron chi connectivity index (χ4n) is 0.841. The van der Waals surface area contributed by atoms with Crippen LogP contribution in [0.4, 0.5) is 8.78 Å². The molecule has 0 spiro atoms. The van der Waals surface area contributed by atoms with Crippen molar-refractivity contribution < 1.29 is 18.3 Å². The van der Waals surface area contributed by atoms with Gasteiger partial charge < -0.3 is 4.74 Å². The number of ether oxygens (including phenoxy) is 1. The molecule has 0 amide bonds. The summed E-state index contributed by atoms with van der Waals surface area (Å²) < 4.78 is 30.6. The van der Waals surface area contributed by atoms with Crippen molar-refractivity contribution in [2.24, 2.45) is 0 Å². The van der Waals surface area contributed by atoms with Crippen LogP contribution in [0.1, 0.15) is 13.8 Å². The van der Waals surface area contributed by atoms with E-state index in [1.54, 1.807) is 0 Å². The first-order valence-electron chi connectivity index (χ1n) is 4.13. The van der Waals surface area contributed by atoms with Gasteiger partial charge in [-0.25, -0.2) is 8.78 Å². The van der Waals surface area contributed by atoms with E-state index in [0.717, 1.165) is 18.2 Å². The van der Waals surface area contributed by atoms with Gasteiger partial charge in [0.15, 0.2) is 23.5 Å². The Labute approximate surface area is 80.5 Å². The predicted octanol–water partition coefficient (Wildman–Crippen LogP) is 2.32. The summed E-state index contributed by atoms with van der Waals surface area (Å²) in [6, 6.07) is 2.85. The van der Waals surface area contributed by atoms with Crippen molar-refractivity contribution in [3.8, 4) is 5.75 Å². The van der Waals surface area contributed by atoms with Crippen molar-refractivity contribution in [1.82, 2.24) is 0 Å². The van der Waals surface area contributed by atoms with Crippen molar-refractivity contribution >= 4 is 5.78 Å². The van der Waals surface area contributed by atoms with E-state index in [9.17, 15) is 13.6 Å². The maximum atomic E-state index is 13.0. The highest BCUT2D eigenvalue weighted by molar-refractivity contribution is 5.80. The van der Waals surface area contributed by atoms with E-state index < -0.39 is 17.7 Å². The molecule has 1 unspecified atom stereocenters. The number of Topliss-reactive ketones (excluding diaryl/α,β-unsaturated/α-hetero) is 1. The number of rotatable bonds is 3. The first-order valence-corrected chi connectivity index (χ1v) is 4.13. The minimum atomic E-state index is -0.772. The Morgan fingerprint density at radius 2 is 2.07 bits per heavy atom. The van der Waals surface area contributed by atoms with Gasteiger partial charge >= 0.3 is 0 Å². The lowest BCUT2D eigenvalue weighted by atomic mass is 10.2. The summed E-state index contributed by atoms with van der Waals surface area (Å²) in [5.74, 6) is -1.77. The molecule has 1 aromatic carbocycles. The number of ketones is 1. The molecule has 1 rings (SSSR count). The summed E-state index contributed by atoms with van der Waals surface area (Å²) in [5.41, 5.74) is 0. The zero-order valence-electron chi connectivity index (χ0n) is 7.88. The highest BCUT2D eigenvalue weighted by Gasteiger charge is 2.12. The van der Waals surface area contributed by atoms with Crippen LogP contribution in [-0.2, 0) is 4.79 Å². The summed E-state index contributed by atoms with van der Waals surface area (Å²) in [7, 11) is 0. The van der Waals surface area contributed by atoms with Crippen LogP contribution in [0.3, 0.4) is 0 Å². The molecule has 0 aromatic heterocycles. The third kappa shape index (κ3) is 2.52. The van der Waals surface area contributed by atoms with Gasteiger partial charge in [-0.05, 0) is 26.0 Å². The minimum Gasteiger partial charge on any atom is -0.480 e. The van der Waals surface area contributed by atoms with Crippen molar-refractivity contribution in [1.29, 1.82) is 0 Å². The van der Waals surface area contributed by atoms with Gasteiger partial charge in [-0.3, -0.25) is 4.79 Å². The Morgan fingerprint density at radius 3 is 2.64 bits per heavy atom. The van der Waals surface area contributed by atoms with Gasteiger partial charge in [0.05, 0.1) is 0 Å². The highest BCUT2D eigenvalue weighted by Crippen LogP contribution is 2.19. The molecule has 0 radical (unpaired) electrons. The monoisotopic (exact) mass is 200 g/mol. The van der Waals surface area contributed by atoms with Crippen LogP contribution in [0.2, 0.25) is 0 Å². The van der Waals surface area contributed by atoms with Crippen LogP contribution in [0.15, 0.2) is 18.2 Å². The molecule has 14 heavy (non-hydrogen) atoms. The van der Waals surface area contributed by atoms with E-state index in [1.165, 1.54) is 13.8 Å². The standard InChI is InChI=1S/C10H10F2O2/c1-6(13)7(2)14-10-5-8(11)3-4-9(10)12/h3-5,7H,1-2H3. The van der Waals surface area contributed by atoms with E-state index in [-0.39, 0.29) is 11.5 Å². The molecule has 1 atom stereocenters. The van der Waals surface area contributed by atoms with Crippen molar-refractivity contribution in [2.75, 3.05) is 0 Å². The van der Waals surface area contributed by atoms with E-state index in [0.29, 0.717) is 0 Å². The van der Waals surface area contributed by atoms with Gasteiger partial charge in [-0.1, -0.05) is 0 Å². The third-order valence-corrected chi connectivity index (χ3v) is 1.77. The maximum absolute atomic E-state index is 13.0. The minimum absolute atomic E-state index is 0.242. The molecule has 2 nitrogen and oxygen atoms in total. The Hall–Kier alpha value is -1.45. The van der Waals surface area contributed by atoms with Crippen molar-refractivity contribution in [3.63, 3.8) is 0 Å². The molecule has 0 aliphatic rings. The average Bonchev–Trinajstić information content (AvgIpc) is 2.11. The summed E-state index contributed by atoms with van der Waals surface area (Å²) in [4.78, 5) is 10.8. The Kier molecular flexibility index (Phi) is 3.17. The van der Waals surface area contributed by atoms with Crippen LogP contribution in [0, 0.1) is 11.6 Å². The highest BCUT2D eigenvalue weighted by atomic mass is 19.1. The summed E-state index contributed by atoms with van der Waals surface area (Å²) in [6.07, 6.45) is -0.772. The number of hydrogen-bond acceptors (Lipinski definition) is 2. The Bertz CT molecular complexity index is 350. The predicted molar refractivity (Wildman–Crippen MR) is 47.1 cm³/mol. The number of carbonyl (C=O) groups is 1. The number of benzene rings is 1.